The Kier molecular flexibility index (Phi) is 7.00. The molecule has 0 aliphatic carbocycles. The summed E-state index contributed by atoms with van der Waals surface area (Å²) in [4.78, 5) is 4.78. The van der Waals surface area contributed by atoms with E-state index >= 15 is 0 Å². The van der Waals surface area contributed by atoms with E-state index in [4.69, 9.17) is 5.73 Å². The van der Waals surface area contributed by atoms with Crippen LogP contribution in [0.3, 0.4) is 0 Å². The summed E-state index contributed by atoms with van der Waals surface area (Å²) < 4.78 is 0. The predicted molar refractivity (Wildman–Crippen MR) is 85.7 cm³/mol. The Labute approximate surface area is 122 Å². The van der Waals surface area contributed by atoms with Crippen molar-refractivity contribution < 1.29 is 0 Å². The molecule has 0 saturated carbocycles. The molecule has 0 spiro atoms. The highest BCUT2D eigenvalue weighted by molar-refractivity contribution is 7.07. The fourth-order valence-electron chi connectivity index (χ4n) is 2.77. The minimum absolute atomic E-state index is 0.194. The monoisotopic (exact) mass is 283 g/mol. The van der Waals surface area contributed by atoms with Crippen LogP contribution < -0.4 is 5.73 Å². The number of nitrogens with two attached hydrogens (primary N) is 1. The highest BCUT2D eigenvalue weighted by atomic mass is 32.1. The summed E-state index contributed by atoms with van der Waals surface area (Å²) in [5.41, 5.74) is 7.77. The summed E-state index contributed by atoms with van der Waals surface area (Å²) in [6.45, 7) is 8.79. The Morgan fingerprint density at radius 3 is 2.42 bits per heavy atom. The van der Waals surface area contributed by atoms with Crippen LogP contribution in [0.1, 0.15) is 38.8 Å². The van der Waals surface area contributed by atoms with Crippen LogP contribution in [0.15, 0.2) is 16.8 Å². The van der Waals surface area contributed by atoms with Crippen LogP contribution in [-0.4, -0.2) is 49.1 Å². The van der Waals surface area contributed by atoms with E-state index < -0.39 is 0 Å². The molecular weight excluding hydrogens is 254 g/mol. The Morgan fingerprint density at radius 2 is 2.00 bits per heavy atom. The number of thiophene rings is 1. The van der Waals surface area contributed by atoms with Crippen LogP contribution in [0.5, 0.6) is 0 Å². The molecule has 1 aromatic heterocycles. The second kappa shape index (κ2) is 8.00. The maximum Gasteiger partial charge on any atom is 0.0510 e. The van der Waals surface area contributed by atoms with Crippen molar-refractivity contribution in [1.29, 1.82) is 0 Å². The van der Waals surface area contributed by atoms with Gasteiger partial charge in [-0.15, -0.1) is 0 Å². The Balaban J connectivity index is 2.93. The van der Waals surface area contributed by atoms with Crippen LogP contribution in [-0.2, 0) is 0 Å². The molecule has 4 heteroatoms. The van der Waals surface area contributed by atoms with Gasteiger partial charge in [-0.25, -0.2) is 0 Å². The fraction of sp³-hybridized carbons (Fsp3) is 0.733. The van der Waals surface area contributed by atoms with Crippen LogP contribution in [0.4, 0.5) is 0 Å². The van der Waals surface area contributed by atoms with Crippen LogP contribution >= 0.6 is 11.3 Å². The van der Waals surface area contributed by atoms with E-state index in [0.717, 1.165) is 19.5 Å². The third-order valence-corrected chi connectivity index (χ3v) is 4.38. The van der Waals surface area contributed by atoms with E-state index in [1.807, 2.05) is 0 Å². The Morgan fingerprint density at radius 1 is 1.32 bits per heavy atom. The summed E-state index contributed by atoms with van der Waals surface area (Å²) in [6, 6.07) is 3.24. The van der Waals surface area contributed by atoms with Crippen molar-refractivity contribution in [2.24, 2.45) is 5.73 Å². The molecule has 0 bridgehead atoms. The van der Waals surface area contributed by atoms with E-state index in [1.165, 1.54) is 5.56 Å². The summed E-state index contributed by atoms with van der Waals surface area (Å²) >= 11 is 1.76. The van der Waals surface area contributed by atoms with Gasteiger partial charge in [-0.05, 0) is 56.4 Å². The molecule has 1 aromatic rings. The highest BCUT2D eigenvalue weighted by Gasteiger charge is 2.28. The number of hydrogen-bond donors (Lipinski definition) is 1. The van der Waals surface area contributed by atoms with Gasteiger partial charge in [0.15, 0.2) is 0 Å². The maximum atomic E-state index is 6.40. The molecule has 1 rings (SSSR count). The normalized spacial score (nSPS) is 16.8. The first-order chi connectivity index (χ1) is 9.01. The van der Waals surface area contributed by atoms with Gasteiger partial charge in [0.05, 0.1) is 6.04 Å². The topological polar surface area (TPSA) is 32.5 Å². The van der Waals surface area contributed by atoms with E-state index in [2.05, 4.69) is 61.5 Å². The van der Waals surface area contributed by atoms with Gasteiger partial charge in [0.2, 0.25) is 0 Å². The molecular formula is C15H29N3S. The molecule has 0 aliphatic rings. The minimum atomic E-state index is 0.194. The molecule has 19 heavy (non-hydrogen) atoms. The van der Waals surface area contributed by atoms with E-state index in [9.17, 15) is 0 Å². The van der Waals surface area contributed by atoms with E-state index in [-0.39, 0.29) is 6.04 Å². The predicted octanol–water partition coefficient (Wildman–Crippen LogP) is 2.80. The first-order valence-corrected chi connectivity index (χ1v) is 8.13. The van der Waals surface area contributed by atoms with Crippen molar-refractivity contribution in [2.75, 3.05) is 27.2 Å². The number of nitrogens with zero attached hydrogens (tertiary/aromatic N) is 2. The number of rotatable bonds is 8. The molecule has 3 unspecified atom stereocenters. The molecule has 0 saturated heterocycles. The smallest absolute Gasteiger partial charge is 0.0510 e. The second-order valence-electron chi connectivity index (χ2n) is 5.52. The van der Waals surface area contributed by atoms with Crippen molar-refractivity contribution in [2.45, 2.75) is 45.3 Å². The van der Waals surface area contributed by atoms with Crippen molar-refractivity contribution >= 4 is 11.3 Å². The zero-order valence-corrected chi connectivity index (χ0v) is 13.8. The van der Waals surface area contributed by atoms with Gasteiger partial charge in [0.1, 0.15) is 0 Å². The van der Waals surface area contributed by atoms with Crippen LogP contribution in [0, 0.1) is 0 Å². The lowest BCUT2D eigenvalue weighted by Crippen LogP contribution is -2.48. The molecule has 2 N–H and O–H groups in total. The number of likely N-dealkylation sites (N-methyl/N-ethyl adjacent to an activating group) is 2. The summed E-state index contributed by atoms with van der Waals surface area (Å²) in [5.74, 6) is 0. The van der Waals surface area contributed by atoms with Crippen molar-refractivity contribution in [3.63, 3.8) is 0 Å². The standard InChI is InChI=1S/C15H29N3S/c1-6-14(16)15(13-8-9-19-11-13)18(7-2)12(3)10-17(4)5/h8-9,11-12,14-15H,6-7,10,16H2,1-5H3. The maximum absolute atomic E-state index is 6.40. The van der Waals surface area contributed by atoms with Gasteiger partial charge in [-0.1, -0.05) is 13.8 Å². The summed E-state index contributed by atoms with van der Waals surface area (Å²) in [6.07, 6.45) is 1.01. The molecule has 3 nitrogen and oxygen atoms in total. The third kappa shape index (κ3) is 4.56. The summed E-state index contributed by atoms with van der Waals surface area (Å²) in [7, 11) is 4.26. The van der Waals surface area contributed by atoms with Gasteiger partial charge in [-0.2, -0.15) is 11.3 Å². The van der Waals surface area contributed by atoms with Gasteiger partial charge in [-0.3, -0.25) is 4.90 Å². The third-order valence-electron chi connectivity index (χ3n) is 3.68. The number of hydrogen-bond acceptors (Lipinski definition) is 4. The lowest BCUT2D eigenvalue weighted by atomic mass is 9.97. The lowest BCUT2D eigenvalue weighted by molar-refractivity contribution is 0.109. The van der Waals surface area contributed by atoms with Crippen molar-refractivity contribution in [3.05, 3.63) is 22.4 Å². The Hall–Kier alpha value is -0.420. The van der Waals surface area contributed by atoms with Gasteiger partial charge in [0.25, 0.3) is 0 Å². The fourth-order valence-corrected chi connectivity index (χ4v) is 3.46. The zero-order chi connectivity index (χ0) is 14.4. The molecule has 0 fully saturated rings. The first-order valence-electron chi connectivity index (χ1n) is 7.19. The van der Waals surface area contributed by atoms with E-state index in [1.54, 1.807) is 11.3 Å². The summed E-state index contributed by atoms with van der Waals surface area (Å²) in [5, 5.41) is 4.39. The SMILES string of the molecule is CCC(N)C(c1ccsc1)N(CC)C(C)CN(C)C. The average Bonchev–Trinajstić information content (AvgIpc) is 2.87. The minimum Gasteiger partial charge on any atom is -0.326 e. The molecule has 1 heterocycles. The van der Waals surface area contributed by atoms with Crippen molar-refractivity contribution in [3.8, 4) is 0 Å². The van der Waals surface area contributed by atoms with Gasteiger partial charge < -0.3 is 10.6 Å². The van der Waals surface area contributed by atoms with E-state index in [0.29, 0.717) is 12.1 Å². The van der Waals surface area contributed by atoms with Gasteiger partial charge in [0, 0.05) is 18.6 Å². The van der Waals surface area contributed by atoms with Crippen LogP contribution in [0.2, 0.25) is 0 Å². The second-order valence-corrected chi connectivity index (χ2v) is 6.30. The lowest BCUT2D eigenvalue weighted by Gasteiger charge is -2.39. The molecule has 110 valence electrons. The van der Waals surface area contributed by atoms with Gasteiger partial charge >= 0.3 is 0 Å². The highest BCUT2D eigenvalue weighted by Crippen LogP contribution is 2.28. The van der Waals surface area contributed by atoms with Crippen LogP contribution in [0.25, 0.3) is 0 Å². The molecule has 0 amide bonds. The first kappa shape index (κ1) is 16.6. The molecule has 0 aliphatic heterocycles. The quantitative estimate of drug-likeness (QED) is 0.796. The molecule has 0 aromatic carbocycles. The zero-order valence-electron chi connectivity index (χ0n) is 13.0. The molecule has 0 radical (unpaired) electrons. The largest absolute Gasteiger partial charge is 0.326 e. The Bertz CT molecular complexity index is 337. The van der Waals surface area contributed by atoms with Crippen molar-refractivity contribution in [1.82, 2.24) is 9.80 Å². The average molecular weight is 283 g/mol. The molecule has 3 atom stereocenters.